The zero-order valence-corrected chi connectivity index (χ0v) is 16.9. The van der Waals surface area contributed by atoms with Gasteiger partial charge in [0.1, 0.15) is 12.2 Å². The Morgan fingerprint density at radius 1 is 0.645 bits per heavy atom. The number of ether oxygens (including phenoxy) is 2. The van der Waals surface area contributed by atoms with E-state index in [1.165, 1.54) is 11.1 Å². The molecule has 0 radical (unpaired) electrons. The normalized spacial score (nSPS) is 29.4. The van der Waals surface area contributed by atoms with Gasteiger partial charge < -0.3 is 9.47 Å². The third kappa shape index (κ3) is 2.82. The molecule has 6 atom stereocenters. The van der Waals surface area contributed by atoms with Crippen molar-refractivity contribution < 1.29 is 19.1 Å². The van der Waals surface area contributed by atoms with Gasteiger partial charge >= 0.3 is 11.9 Å². The van der Waals surface area contributed by atoms with Crippen molar-refractivity contribution in [1.82, 2.24) is 0 Å². The topological polar surface area (TPSA) is 52.6 Å². The molecule has 0 saturated heterocycles. The first-order valence-electron chi connectivity index (χ1n) is 10.8. The summed E-state index contributed by atoms with van der Waals surface area (Å²) >= 11 is 0. The van der Waals surface area contributed by atoms with E-state index in [4.69, 9.17) is 9.47 Å². The van der Waals surface area contributed by atoms with E-state index in [1.807, 2.05) is 36.4 Å². The number of esters is 2. The van der Waals surface area contributed by atoms with Crippen LogP contribution in [0.1, 0.15) is 37.8 Å². The molecule has 4 heteroatoms. The molecule has 2 saturated carbocycles. The van der Waals surface area contributed by atoms with Crippen molar-refractivity contribution in [2.45, 2.75) is 24.5 Å². The third-order valence-corrected chi connectivity index (χ3v) is 7.27. The summed E-state index contributed by atoms with van der Waals surface area (Å²) < 4.78 is 11.9. The molecule has 31 heavy (non-hydrogen) atoms. The molecule has 0 N–H and O–H groups in total. The van der Waals surface area contributed by atoms with Crippen LogP contribution in [0.3, 0.4) is 0 Å². The van der Waals surface area contributed by atoms with Crippen molar-refractivity contribution in [3.63, 3.8) is 0 Å². The molecule has 3 aliphatic rings. The van der Waals surface area contributed by atoms with Crippen molar-refractivity contribution in [3.8, 4) is 0 Å². The fourth-order valence-electron chi connectivity index (χ4n) is 5.91. The monoisotopic (exact) mass is 410 g/mol. The zero-order chi connectivity index (χ0) is 20.9. The van der Waals surface area contributed by atoms with Crippen LogP contribution >= 0.6 is 0 Å². The molecule has 0 amide bonds. The van der Waals surface area contributed by atoms with Crippen LogP contribution in [-0.4, -0.2) is 24.1 Å². The highest BCUT2D eigenvalue weighted by Gasteiger charge is 2.71. The average Bonchev–Trinajstić information content (AvgIpc) is 3.12. The summed E-state index contributed by atoms with van der Waals surface area (Å²) in [5, 5.41) is 0. The van der Waals surface area contributed by atoms with Gasteiger partial charge in [-0.1, -0.05) is 60.7 Å². The summed E-state index contributed by atoms with van der Waals surface area (Å²) in [7, 11) is 0. The first-order valence-corrected chi connectivity index (χ1v) is 10.8. The molecule has 0 aromatic heterocycles. The van der Waals surface area contributed by atoms with E-state index < -0.39 is 12.2 Å². The smallest absolute Gasteiger partial charge is 0.338 e. The fourth-order valence-corrected chi connectivity index (χ4v) is 5.91. The van der Waals surface area contributed by atoms with Gasteiger partial charge in [0.2, 0.25) is 0 Å². The lowest BCUT2D eigenvalue weighted by Gasteiger charge is -2.64. The van der Waals surface area contributed by atoms with Crippen molar-refractivity contribution >= 4 is 11.9 Å². The SMILES string of the molecule is O=C(OC1C(OC(=O)c2ccccc2)C2C3c4ccccc4CC3C12)c1ccccc1. The Morgan fingerprint density at radius 2 is 1.16 bits per heavy atom. The Hall–Kier alpha value is -3.40. The van der Waals surface area contributed by atoms with Crippen LogP contribution in [0.15, 0.2) is 84.9 Å². The second kappa shape index (κ2) is 7.09. The van der Waals surface area contributed by atoms with Gasteiger partial charge in [0.05, 0.1) is 11.1 Å². The van der Waals surface area contributed by atoms with Crippen LogP contribution in [-0.2, 0) is 15.9 Å². The predicted molar refractivity (Wildman–Crippen MR) is 115 cm³/mol. The number of rotatable bonds is 4. The average molecular weight is 410 g/mol. The minimum Gasteiger partial charge on any atom is -0.454 e. The maximum atomic E-state index is 12.8. The molecule has 6 unspecified atom stereocenters. The Labute approximate surface area is 180 Å². The van der Waals surface area contributed by atoms with Gasteiger partial charge in [-0.2, -0.15) is 0 Å². The molecule has 0 aliphatic heterocycles. The summed E-state index contributed by atoms with van der Waals surface area (Å²) in [6.07, 6.45) is 0.180. The van der Waals surface area contributed by atoms with Crippen molar-refractivity contribution in [2.24, 2.45) is 17.8 Å². The van der Waals surface area contributed by atoms with Gasteiger partial charge in [-0.15, -0.1) is 0 Å². The number of benzene rings is 3. The first kappa shape index (κ1) is 18.4. The molecule has 154 valence electrons. The maximum absolute atomic E-state index is 12.8. The van der Waals surface area contributed by atoms with Gasteiger partial charge in [0.15, 0.2) is 0 Å². The summed E-state index contributed by atoms with van der Waals surface area (Å²) in [5.74, 6) is 0.543. The number of hydrogen-bond acceptors (Lipinski definition) is 4. The number of carbonyl (C=O) groups excluding carboxylic acids is 2. The van der Waals surface area contributed by atoms with Gasteiger partial charge in [-0.3, -0.25) is 0 Å². The summed E-state index contributed by atoms with van der Waals surface area (Å²) in [5.41, 5.74) is 3.77. The van der Waals surface area contributed by atoms with Gasteiger partial charge in [-0.25, -0.2) is 9.59 Å². The molecule has 0 spiro atoms. The molecular weight excluding hydrogens is 388 g/mol. The van der Waals surface area contributed by atoms with E-state index in [1.54, 1.807) is 24.3 Å². The summed E-state index contributed by atoms with van der Waals surface area (Å²) in [6, 6.07) is 26.5. The van der Waals surface area contributed by atoms with Crippen molar-refractivity contribution in [3.05, 3.63) is 107 Å². The highest BCUT2D eigenvalue weighted by molar-refractivity contribution is 5.90. The lowest BCUT2D eigenvalue weighted by Crippen LogP contribution is -2.70. The van der Waals surface area contributed by atoms with E-state index >= 15 is 0 Å². The van der Waals surface area contributed by atoms with E-state index in [9.17, 15) is 9.59 Å². The minimum absolute atomic E-state index is 0.204. The molecular formula is C27H22O4. The highest BCUT2D eigenvalue weighted by Crippen LogP contribution is 2.68. The molecule has 3 aliphatic carbocycles. The zero-order valence-electron chi connectivity index (χ0n) is 16.9. The van der Waals surface area contributed by atoms with Crippen molar-refractivity contribution in [1.29, 1.82) is 0 Å². The van der Waals surface area contributed by atoms with Gasteiger partial charge in [0, 0.05) is 11.8 Å². The second-order valence-corrected chi connectivity index (χ2v) is 8.72. The Bertz CT molecular complexity index is 1140. The molecule has 2 fully saturated rings. The van der Waals surface area contributed by atoms with E-state index in [0.717, 1.165) is 6.42 Å². The first-order chi connectivity index (χ1) is 15.2. The molecule has 4 nitrogen and oxygen atoms in total. The number of fused-ring (bicyclic) bond motifs is 6. The van der Waals surface area contributed by atoms with Crippen LogP contribution in [0.2, 0.25) is 0 Å². The Morgan fingerprint density at radius 3 is 1.77 bits per heavy atom. The third-order valence-electron chi connectivity index (χ3n) is 7.27. The molecule has 0 heterocycles. The van der Waals surface area contributed by atoms with Crippen LogP contribution < -0.4 is 0 Å². The lowest BCUT2D eigenvalue weighted by molar-refractivity contribution is -0.239. The van der Waals surface area contributed by atoms with Gasteiger partial charge in [-0.05, 0) is 53.6 Å². The van der Waals surface area contributed by atoms with Crippen LogP contribution in [0.4, 0.5) is 0 Å². The summed E-state index contributed by atoms with van der Waals surface area (Å²) in [4.78, 5) is 25.6. The highest BCUT2D eigenvalue weighted by atomic mass is 16.6. The van der Waals surface area contributed by atoms with Crippen LogP contribution in [0.25, 0.3) is 0 Å². The fraction of sp³-hybridized carbons (Fsp3) is 0.259. The lowest BCUT2D eigenvalue weighted by atomic mass is 9.44. The molecule has 0 bridgehead atoms. The number of carbonyl (C=O) groups is 2. The Kier molecular flexibility index (Phi) is 4.20. The van der Waals surface area contributed by atoms with E-state index in [0.29, 0.717) is 23.0 Å². The Balaban J connectivity index is 1.27. The van der Waals surface area contributed by atoms with E-state index in [2.05, 4.69) is 24.3 Å². The molecule has 6 rings (SSSR count). The van der Waals surface area contributed by atoms with Crippen LogP contribution in [0.5, 0.6) is 0 Å². The van der Waals surface area contributed by atoms with E-state index in [-0.39, 0.29) is 23.8 Å². The second-order valence-electron chi connectivity index (χ2n) is 8.72. The quantitative estimate of drug-likeness (QED) is 0.588. The largest absolute Gasteiger partial charge is 0.454 e. The van der Waals surface area contributed by atoms with Crippen LogP contribution in [0, 0.1) is 17.8 Å². The standard InChI is InChI=1S/C27H22O4/c28-26(16-9-3-1-4-10-16)30-24-22-20-15-18-13-7-8-14-19(18)21(20)23(22)25(24)31-27(29)17-11-5-2-6-12-17/h1-14,20-25H,15H2. The molecule has 3 aromatic rings. The predicted octanol–water partition coefficient (Wildman–Crippen LogP) is 4.65. The maximum Gasteiger partial charge on any atom is 0.338 e. The molecule has 3 aromatic carbocycles. The minimum atomic E-state index is -0.419. The van der Waals surface area contributed by atoms with Crippen molar-refractivity contribution in [2.75, 3.05) is 0 Å². The number of hydrogen-bond donors (Lipinski definition) is 0. The van der Waals surface area contributed by atoms with Gasteiger partial charge in [0.25, 0.3) is 0 Å². The summed E-state index contributed by atoms with van der Waals surface area (Å²) in [6.45, 7) is 0.